The Kier molecular flexibility index (Phi) is 5.23. The molecular formula is C11H23NO. The van der Waals surface area contributed by atoms with Gasteiger partial charge in [0.25, 0.3) is 0 Å². The van der Waals surface area contributed by atoms with Gasteiger partial charge in [-0.15, -0.1) is 0 Å². The van der Waals surface area contributed by atoms with E-state index in [1.165, 1.54) is 0 Å². The summed E-state index contributed by atoms with van der Waals surface area (Å²) >= 11 is 0. The van der Waals surface area contributed by atoms with Crippen molar-refractivity contribution in [3.63, 3.8) is 0 Å². The van der Waals surface area contributed by atoms with Crippen molar-refractivity contribution in [1.29, 1.82) is 0 Å². The predicted molar refractivity (Wildman–Crippen MR) is 56.6 cm³/mol. The first kappa shape index (κ1) is 12.6. The van der Waals surface area contributed by atoms with Crippen LogP contribution in [0.3, 0.4) is 0 Å². The topological polar surface area (TPSA) is 43.1 Å². The molecule has 2 nitrogen and oxygen atoms in total. The van der Waals surface area contributed by atoms with Gasteiger partial charge < -0.3 is 5.73 Å². The number of Topliss-reactive ketones (excluding diaryl/α,β-unsaturated/α-hetero) is 1. The summed E-state index contributed by atoms with van der Waals surface area (Å²) in [4.78, 5) is 11.4. The average molecular weight is 185 g/mol. The molecule has 2 heteroatoms. The van der Waals surface area contributed by atoms with Gasteiger partial charge in [0, 0.05) is 18.9 Å². The van der Waals surface area contributed by atoms with E-state index >= 15 is 0 Å². The molecule has 2 N–H and O–H groups in total. The Hall–Kier alpha value is -0.370. The smallest absolute Gasteiger partial charge is 0.134 e. The largest absolute Gasteiger partial charge is 0.327 e. The lowest BCUT2D eigenvalue weighted by Crippen LogP contribution is -2.23. The van der Waals surface area contributed by atoms with Gasteiger partial charge in [0.05, 0.1) is 0 Å². The maximum Gasteiger partial charge on any atom is 0.134 e. The minimum absolute atomic E-state index is 0.0625. The van der Waals surface area contributed by atoms with Crippen LogP contribution >= 0.6 is 0 Å². The van der Waals surface area contributed by atoms with Gasteiger partial charge in [0.15, 0.2) is 0 Å². The number of hydrogen-bond donors (Lipinski definition) is 1. The number of carbonyl (C=O) groups excluding carboxylic acids is 1. The van der Waals surface area contributed by atoms with Gasteiger partial charge in [-0.3, -0.25) is 4.79 Å². The molecule has 0 aliphatic rings. The van der Waals surface area contributed by atoms with Crippen LogP contribution in [-0.2, 0) is 4.79 Å². The number of ketones is 1. The molecule has 0 aliphatic carbocycles. The Morgan fingerprint density at radius 3 is 2.31 bits per heavy atom. The van der Waals surface area contributed by atoms with Gasteiger partial charge in [0.2, 0.25) is 0 Å². The van der Waals surface area contributed by atoms with E-state index < -0.39 is 0 Å². The molecule has 0 aromatic rings. The fraction of sp³-hybridized carbons (Fsp3) is 0.909. The zero-order chi connectivity index (χ0) is 10.5. The highest BCUT2D eigenvalue weighted by atomic mass is 16.1. The van der Waals surface area contributed by atoms with E-state index in [-0.39, 0.29) is 11.5 Å². The molecule has 0 bridgehead atoms. The summed E-state index contributed by atoms with van der Waals surface area (Å²) in [6.07, 6.45) is 3.08. The molecule has 13 heavy (non-hydrogen) atoms. The molecule has 78 valence electrons. The maximum absolute atomic E-state index is 11.4. The van der Waals surface area contributed by atoms with Gasteiger partial charge in [-0.25, -0.2) is 0 Å². The Morgan fingerprint density at radius 1 is 1.38 bits per heavy atom. The highest BCUT2D eigenvalue weighted by Crippen LogP contribution is 2.21. The first-order valence-electron chi connectivity index (χ1n) is 5.12. The van der Waals surface area contributed by atoms with Crippen molar-refractivity contribution in [2.75, 3.05) is 0 Å². The van der Waals surface area contributed by atoms with Crippen molar-refractivity contribution >= 4 is 5.78 Å². The molecule has 0 aliphatic heterocycles. The lowest BCUT2D eigenvalue weighted by Gasteiger charge is -2.17. The standard InChI is InChI=1S/C11H23NO/c1-5-9(12)8-10(13)6-7-11(2,3)4/h9H,5-8,12H2,1-4H3. The summed E-state index contributed by atoms with van der Waals surface area (Å²) in [7, 11) is 0. The Labute approximate surface area is 81.9 Å². The monoisotopic (exact) mass is 185 g/mol. The fourth-order valence-electron chi connectivity index (χ4n) is 1.05. The van der Waals surface area contributed by atoms with Crippen LogP contribution < -0.4 is 5.73 Å². The van der Waals surface area contributed by atoms with Gasteiger partial charge in [-0.2, -0.15) is 0 Å². The predicted octanol–water partition coefficient (Wildman–Crippen LogP) is 2.51. The number of nitrogens with two attached hydrogens (primary N) is 1. The molecule has 0 saturated heterocycles. The van der Waals surface area contributed by atoms with E-state index in [0.29, 0.717) is 18.6 Å². The number of carbonyl (C=O) groups is 1. The zero-order valence-corrected chi connectivity index (χ0v) is 9.39. The van der Waals surface area contributed by atoms with Crippen LogP contribution in [0.25, 0.3) is 0 Å². The average Bonchev–Trinajstić information content (AvgIpc) is 1.99. The fourth-order valence-corrected chi connectivity index (χ4v) is 1.05. The van der Waals surface area contributed by atoms with Crippen LogP contribution in [0, 0.1) is 5.41 Å². The summed E-state index contributed by atoms with van der Waals surface area (Å²) < 4.78 is 0. The van der Waals surface area contributed by atoms with E-state index in [0.717, 1.165) is 12.8 Å². The summed E-state index contributed by atoms with van der Waals surface area (Å²) in [5, 5.41) is 0. The SMILES string of the molecule is CCC(N)CC(=O)CCC(C)(C)C. The maximum atomic E-state index is 11.4. The van der Waals surface area contributed by atoms with Crippen molar-refractivity contribution in [1.82, 2.24) is 0 Å². The van der Waals surface area contributed by atoms with Gasteiger partial charge in [-0.05, 0) is 18.3 Å². The third-order valence-corrected chi connectivity index (χ3v) is 2.17. The Balaban J connectivity index is 3.64. The molecule has 0 spiro atoms. The van der Waals surface area contributed by atoms with Crippen molar-refractivity contribution in [3.8, 4) is 0 Å². The summed E-state index contributed by atoms with van der Waals surface area (Å²) in [6, 6.07) is 0.0625. The molecule has 0 aromatic carbocycles. The molecule has 0 rings (SSSR count). The van der Waals surface area contributed by atoms with E-state index in [1.54, 1.807) is 0 Å². The van der Waals surface area contributed by atoms with Crippen LogP contribution in [-0.4, -0.2) is 11.8 Å². The third-order valence-electron chi connectivity index (χ3n) is 2.17. The lowest BCUT2D eigenvalue weighted by atomic mass is 9.88. The number of hydrogen-bond acceptors (Lipinski definition) is 2. The van der Waals surface area contributed by atoms with Crippen molar-refractivity contribution in [2.24, 2.45) is 11.1 Å². The molecular weight excluding hydrogens is 162 g/mol. The molecule has 1 unspecified atom stereocenters. The van der Waals surface area contributed by atoms with Gasteiger partial charge >= 0.3 is 0 Å². The van der Waals surface area contributed by atoms with E-state index in [4.69, 9.17) is 5.73 Å². The van der Waals surface area contributed by atoms with Crippen LogP contribution in [0.15, 0.2) is 0 Å². The number of rotatable bonds is 5. The second-order valence-corrected chi connectivity index (χ2v) is 4.97. The molecule has 0 amide bonds. The van der Waals surface area contributed by atoms with E-state index in [2.05, 4.69) is 20.8 Å². The van der Waals surface area contributed by atoms with E-state index in [1.807, 2.05) is 6.92 Å². The second kappa shape index (κ2) is 5.38. The third kappa shape index (κ3) is 7.97. The lowest BCUT2D eigenvalue weighted by molar-refractivity contribution is -0.119. The first-order valence-corrected chi connectivity index (χ1v) is 5.12. The van der Waals surface area contributed by atoms with Gasteiger partial charge in [-0.1, -0.05) is 27.7 Å². The molecule has 0 aromatic heterocycles. The first-order chi connectivity index (χ1) is 5.85. The van der Waals surface area contributed by atoms with Gasteiger partial charge in [0.1, 0.15) is 5.78 Å². The van der Waals surface area contributed by atoms with Crippen LogP contribution in [0.1, 0.15) is 53.4 Å². The quantitative estimate of drug-likeness (QED) is 0.715. The van der Waals surface area contributed by atoms with Crippen molar-refractivity contribution < 1.29 is 4.79 Å². The summed E-state index contributed by atoms with van der Waals surface area (Å²) in [5.41, 5.74) is 5.95. The summed E-state index contributed by atoms with van der Waals surface area (Å²) in [5.74, 6) is 0.310. The minimum atomic E-state index is 0.0625. The second-order valence-electron chi connectivity index (χ2n) is 4.97. The van der Waals surface area contributed by atoms with Crippen LogP contribution in [0.5, 0.6) is 0 Å². The summed E-state index contributed by atoms with van der Waals surface area (Å²) in [6.45, 7) is 8.47. The normalized spacial score (nSPS) is 14.2. The van der Waals surface area contributed by atoms with Crippen molar-refractivity contribution in [2.45, 2.75) is 59.4 Å². The van der Waals surface area contributed by atoms with Crippen molar-refractivity contribution in [3.05, 3.63) is 0 Å². The molecule has 0 radical (unpaired) electrons. The molecule has 0 fully saturated rings. The zero-order valence-electron chi connectivity index (χ0n) is 9.39. The highest BCUT2D eigenvalue weighted by molar-refractivity contribution is 5.78. The minimum Gasteiger partial charge on any atom is -0.327 e. The Morgan fingerprint density at radius 2 is 1.92 bits per heavy atom. The van der Waals surface area contributed by atoms with Crippen LogP contribution in [0.4, 0.5) is 0 Å². The Bertz CT molecular complexity index is 158. The van der Waals surface area contributed by atoms with E-state index in [9.17, 15) is 4.79 Å². The highest BCUT2D eigenvalue weighted by Gasteiger charge is 2.14. The molecule has 0 heterocycles. The molecule has 0 saturated carbocycles. The van der Waals surface area contributed by atoms with Crippen LogP contribution in [0.2, 0.25) is 0 Å². The molecule has 1 atom stereocenters.